The maximum atomic E-state index is 9.25. The normalized spacial score (nSPS) is 15.3. The molecule has 1 atom stereocenters. The van der Waals surface area contributed by atoms with Crippen molar-refractivity contribution >= 4 is 26.0 Å². The summed E-state index contributed by atoms with van der Waals surface area (Å²) in [4.78, 5) is 0. The van der Waals surface area contributed by atoms with Gasteiger partial charge in [-0.05, 0) is 50.3 Å². The third kappa shape index (κ3) is 5.05. The summed E-state index contributed by atoms with van der Waals surface area (Å²) in [6, 6.07) is 9.70. The summed E-state index contributed by atoms with van der Waals surface area (Å²) in [5.41, 5.74) is 0.0791. The Labute approximate surface area is 115 Å². The molecule has 0 heterocycles. The monoisotopic (exact) mass is 279 g/mol. The van der Waals surface area contributed by atoms with E-state index < -0.39 is 13.9 Å². The molecule has 2 nitrogen and oxygen atoms in total. The molecule has 0 N–H and O–H groups in total. The minimum atomic E-state index is -1.76. The molecule has 0 saturated heterocycles. The van der Waals surface area contributed by atoms with Gasteiger partial charge in [-0.2, -0.15) is 5.26 Å². The average molecular weight is 280 g/mol. The molecule has 1 aromatic rings. The van der Waals surface area contributed by atoms with Crippen molar-refractivity contribution in [2.45, 2.75) is 32.2 Å². The van der Waals surface area contributed by atoms with Crippen molar-refractivity contribution in [2.24, 2.45) is 0 Å². The van der Waals surface area contributed by atoms with Gasteiger partial charge in [-0.3, -0.25) is 0 Å². The van der Waals surface area contributed by atoms with Crippen LogP contribution in [0.15, 0.2) is 30.3 Å². The first-order chi connectivity index (χ1) is 8.24. The van der Waals surface area contributed by atoms with Gasteiger partial charge < -0.3 is 4.43 Å². The van der Waals surface area contributed by atoms with Crippen LogP contribution < -0.4 is 0 Å². The van der Waals surface area contributed by atoms with Crippen molar-refractivity contribution in [2.75, 3.05) is 0 Å². The van der Waals surface area contributed by atoms with E-state index in [0.717, 1.165) is 5.56 Å². The third-order valence-electron chi connectivity index (χ3n) is 2.18. The van der Waals surface area contributed by atoms with Gasteiger partial charge in [0.15, 0.2) is 13.9 Å². The lowest BCUT2D eigenvalue weighted by Gasteiger charge is -2.27. The van der Waals surface area contributed by atoms with E-state index in [0.29, 0.717) is 5.02 Å². The topological polar surface area (TPSA) is 33.0 Å². The standard InChI is InChI=1S/C14H18ClNOSi/c1-14(11-16,17-18(2,3)4)9-8-12-6-5-7-13(15)10-12/h5-10H,1-4H3/b9-8+/t14-/m0/s1. The highest BCUT2D eigenvalue weighted by Gasteiger charge is 2.29. The molecule has 18 heavy (non-hydrogen) atoms. The zero-order valence-corrected chi connectivity index (χ0v) is 13.0. The summed E-state index contributed by atoms with van der Waals surface area (Å²) >= 11 is 5.91. The van der Waals surface area contributed by atoms with E-state index in [-0.39, 0.29) is 0 Å². The molecule has 1 aromatic carbocycles. The molecule has 0 aromatic heterocycles. The summed E-state index contributed by atoms with van der Waals surface area (Å²) in [7, 11) is -1.76. The lowest BCUT2D eigenvalue weighted by molar-refractivity contribution is 0.193. The molecule has 0 radical (unpaired) electrons. The molecule has 0 saturated carbocycles. The molecule has 0 aliphatic carbocycles. The fraction of sp³-hybridized carbons (Fsp3) is 0.357. The predicted octanol–water partition coefficient (Wildman–Crippen LogP) is 4.49. The van der Waals surface area contributed by atoms with Crippen LogP contribution >= 0.6 is 11.6 Å². The van der Waals surface area contributed by atoms with Crippen molar-refractivity contribution in [1.29, 1.82) is 5.26 Å². The van der Waals surface area contributed by atoms with Crippen LogP contribution in [0.1, 0.15) is 12.5 Å². The second kappa shape index (κ2) is 5.70. The molecule has 0 aliphatic rings. The lowest BCUT2D eigenvalue weighted by atomic mass is 10.1. The third-order valence-corrected chi connectivity index (χ3v) is 3.45. The van der Waals surface area contributed by atoms with Crippen molar-refractivity contribution in [3.8, 4) is 6.07 Å². The van der Waals surface area contributed by atoms with Crippen molar-refractivity contribution in [1.82, 2.24) is 0 Å². The second-order valence-corrected chi connectivity index (χ2v) is 10.2. The molecule has 4 heteroatoms. The van der Waals surface area contributed by atoms with Gasteiger partial charge in [0.1, 0.15) is 6.07 Å². The van der Waals surface area contributed by atoms with Crippen LogP contribution in [-0.4, -0.2) is 13.9 Å². The highest BCUT2D eigenvalue weighted by Crippen LogP contribution is 2.20. The quantitative estimate of drug-likeness (QED) is 0.761. The first-order valence-corrected chi connectivity index (χ1v) is 9.59. The van der Waals surface area contributed by atoms with Gasteiger partial charge in [0.05, 0.1) is 0 Å². The summed E-state index contributed by atoms with van der Waals surface area (Å²) < 4.78 is 5.88. The van der Waals surface area contributed by atoms with E-state index in [1.54, 1.807) is 13.0 Å². The number of halogens is 1. The van der Waals surface area contributed by atoms with Crippen LogP contribution in [0.25, 0.3) is 6.08 Å². The van der Waals surface area contributed by atoms with Gasteiger partial charge >= 0.3 is 0 Å². The Balaban J connectivity index is 2.90. The van der Waals surface area contributed by atoms with Crippen LogP contribution in [0.2, 0.25) is 24.7 Å². The van der Waals surface area contributed by atoms with E-state index in [1.807, 2.05) is 30.3 Å². The maximum Gasteiger partial charge on any atom is 0.186 e. The SMILES string of the molecule is C[C@@](C#N)(/C=C/c1cccc(Cl)c1)O[Si](C)(C)C. The predicted molar refractivity (Wildman–Crippen MR) is 78.9 cm³/mol. The summed E-state index contributed by atoms with van der Waals surface area (Å²) in [5.74, 6) is 0. The minimum absolute atomic E-state index is 0.682. The van der Waals surface area contributed by atoms with E-state index in [9.17, 15) is 5.26 Å². The molecule has 1 rings (SSSR count). The zero-order chi connectivity index (χ0) is 13.8. The number of hydrogen-bond donors (Lipinski definition) is 0. The molecule has 0 amide bonds. The number of rotatable bonds is 4. The average Bonchev–Trinajstić information content (AvgIpc) is 2.24. The number of nitrogens with zero attached hydrogens (tertiary/aromatic N) is 1. The molecular weight excluding hydrogens is 262 g/mol. The smallest absolute Gasteiger partial charge is 0.186 e. The summed E-state index contributed by atoms with van der Waals surface area (Å²) in [6.45, 7) is 7.98. The zero-order valence-electron chi connectivity index (χ0n) is 11.2. The highest BCUT2D eigenvalue weighted by molar-refractivity contribution is 6.69. The molecule has 0 bridgehead atoms. The molecule has 0 aliphatic heterocycles. The largest absolute Gasteiger partial charge is 0.397 e. The lowest BCUT2D eigenvalue weighted by Crippen LogP contribution is -2.38. The minimum Gasteiger partial charge on any atom is -0.397 e. The Hall–Kier alpha value is -1.08. The van der Waals surface area contributed by atoms with Gasteiger partial charge in [-0.1, -0.05) is 29.8 Å². The molecule has 96 valence electrons. The Morgan fingerprint density at radius 1 is 1.39 bits per heavy atom. The van der Waals surface area contributed by atoms with E-state index >= 15 is 0 Å². The first-order valence-electron chi connectivity index (χ1n) is 5.80. The fourth-order valence-electron chi connectivity index (χ4n) is 1.60. The van der Waals surface area contributed by atoms with Crippen molar-refractivity contribution in [3.05, 3.63) is 40.9 Å². The van der Waals surface area contributed by atoms with Gasteiger partial charge in [0.25, 0.3) is 0 Å². The second-order valence-electron chi connectivity index (χ2n) is 5.32. The van der Waals surface area contributed by atoms with Gasteiger partial charge in [0, 0.05) is 5.02 Å². The number of nitriles is 1. The van der Waals surface area contributed by atoms with Crippen LogP contribution in [0, 0.1) is 11.3 Å². The van der Waals surface area contributed by atoms with E-state index in [4.69, 9.17) is 16.0 Å². The van der Waals surface area contributed by atoms with Crippen LogP contribution in [0.3, 0.4) is 0 Å². The van der Waals surface area contributed by atoms with Gasteiger partial charge in [-0.15, -0.1) is 0 Å². The molecular formula is C14H18ClNOSi. The Bertz CT molecular complexity index is 487. The van der Waals surface area contributed by atoms with E-state index in [2.05, 4.69) is 25.7 Å². The molecule has 0 spiro atoms. The first kappa shape index (κ1) is 15.0. The molecule has 0 fully saturated rings. The number of hydrogen-bond acceptors (Lipinski definition) is 2. The highest BCUT2D eigenvalue weighted by atomic mass is 35.5. The number of benzene rings is 1. The van der Waals surface area contributed by atoms with E-state index in [1.165, 1.54) is 0 Å². The summed E-state index contributed by atoms with van der Waals surface area (Å²) in [5, 5.41) is 9.93. The van der Waals surface area contributed by atoms with Gasteiger partial charge in [0.2, 0.25) is 0 Å². The van der Waals surface area contributed by atoms with Gasteiger partial charge in [-0.25, -0.2) is 0 Å². The van der Waals surface area contributed by atoms with Crippen LogP contribution in [0.5, 0.6) is 0 Å². The maximum absolute atomic E-state index is 9.25. The van der Waals surface area contributed by atoms with Crippen molar-refractivity contribution in [3.63, 3.8) is 0 Å². The molecule has 0 unspecified atom stereocenters. The van der Waals surface area contributed by atoms with Crippen molar-refractivity contribution < 1.29 is 4.43 Å². The van der Waals surface area contributed by atoms with Crippen LogP contribution in [0.4, 0.5) is 0 Å². The summed E-state index contributed by atoms with van der Waals surface area (Å²) in [6.07, 6.45) is 3.66. The Morgan fingerprint density at radius 3 is 2.56 bits per heavy atom. The van der Waals surface area contributed by atoms with Crippen LogP contribution in [-0.2, 0) is 4.43 Å². The fourth-order valence-corrected chi connectivity index (χ4v) is 3.18. The Morgan fingerprint density at radius 2 is 2.06 bits per heavy atom. The Kier molecular flexibility index (Phi) is 4.75.